The summed E-state index contributed by atoms with van der Waals surface area (Å²) in [5.74, 6) is 0.123. The molecule has 2 aromatic heterocycles. The lowest BCUT2D eigenvalue weighted by Crippen LogP contribution is -2.72. The fourth-order valence-electron chi connectivity index (χ4n) is 12.4. The van der Waals surface area contributed by atoms with Crippen molar-refractivity contribution in [1.29, 1.82) is 0 Å². The number of fused-ring (bicyclic) bond motifs is 6. The topological polar surface area (TPSA) is 195 Å². The lowest BCUT2D eigenvalue weighted by Gasteiger charge is -2.58. The van der Waals surface area contributed by atoms with E-state index in [2.05, 4.69) is 16.4 Å². The van der Waals surface area contributed by atoms with Crippen molar-refractivity contribution in [2.45, 2.75) is 125 Å². The van der Waals surface area contributed by atoms with Crippen molar-refractivity contribution < 1.29 is 38.5 Å². The van der Waals surface area contributed by atoms with E-state index >= 15 is 0 Å². The summed E-state index contributed by atoms with van der Waals surface area (Å²) in [6.45, 7) is 5.92. The van der Waals surface area contributed by atoms with Gasteiger partial charge in [0.25, 0.3) is 0 Å². The molecule has 2 saturated carbocycles. The molecule has 0 bridgehead atoms. The first kappa shape index (κ1) is 45.0. The number of carbonyl (C=O) groups excluding carboxylic acids is 3. The molecule has 3 aliphatic heterocycles. The Morgan fingerprint density at radius 3 is 2.69 bits per heavy atom. The number of aromatic nitrogens is 1. The smallest absolute Gasteiger partial charge is 0.340 e. The van der Waals surface area contributed by atoms with E-state index < -0.39 is 34.1 Å². The first-order chi connectivity index (χ1) is 30.8. The van der Waals surface area contributed by atoms with Crippen LogP contribution in [0.15, 0.2) is 63.0 Å². The number of esters is 1. The minimum Gasteiger partial charge on any atom is -0.481 e. The van der Waals surface area contributed by atoms with Gasteiger partial charge in [-0.15, -0.1) is 0 Å². The number of ether oxygens (including phenoxy) is 2. The third kappa shape index (κ3) is 7.32. The number of aliphatic hydroxyl groups is 2. The summed E-state index contributed by atoms with van der Waals surface area (Å²) in [6, 6.07) is 7.56. The van der Waals surface area contributed by atoms with Crippen molar-refractivity contribution in [1.82, 2.24) is 15.2 Å². The molecule has 3 fully saturated rings. The fourth-order valence-corrected chi connectivity index (χ4v) is 15.6. The molecule has 64 heavy (non-hydrogen) atoms. The average Bonchev–Trinajstić information content (AvgIpc) is 3.91. The Balaban J connectivity index is 1.18. The van der Waals surface area contributed by atoms with Gasteiger partial charge in [-0.25, -0.2) is 14.6 Å². The van der Waals surface area contributed by atoms with Crippen LogP contribution in [0.5, 0.6) is 5.75 Å². The highest BCUT2D eigenvalue weighted by Gasteiger charge is 2.64. The normalized spacial score (nSPS) is 31.3. The summed E-state index contributed by atoms with van der Waals surface area (Å²) >= 11 is 0. The van der Waals surface area contributed by atoms with Gasteiger partial charge in [-0.1, -0.05) is 52.2 Å². The molecule has 5 heterocycles. The van der Waals surface area contributed by atoms with Crippen molar-refractivity contribution in [3.8, 4) is 5.75 Å². The van der Waals surface area contributed by atoms with Crippen LogP contribution < -0.4 is 21.4 Å². The predicted molar refractivity (Wildman–Crippen MR) is 248 cm³/mol. The minimum absolute atomic E-state index is 0.00231. The molecule has 1 aromatic carbocycles. The van der Waals surface area contributed by atoms with Crippen LogP contribution in [0.25, 0.3) is 11.0 Å². The van der Waals surface area contributed by atoms with E-state index in [0.29, 0.717) is 72.4 Å². The SMILES string of the molecule is CC=C(C)C(=O)OC1(C)CC=C2CSSC3CC(C=O)C(NC)C4CN(C(=O)Cc5cnc(N)cc5C2C12Cc1cc5cc(C6(C(CO)CCCO)CCCC6)c(=O)oc5cc1O2)C34. The number of anilines is 1. The van der Waals surface area contributed by atoms with Crippen LogP contribution >= 0.6 is 21.6 Å². The highest BCUT2D eigenvalue weighted by Crippen LogP contribution is 2.59. The van der Waals surface area contributed by atoms with Gasteiger partial charge in [-0.2, -0.15) is 0 Å². The molecule has 1 amide bonds. The zero-order valence-electron chi connectivity index (χ0n) is 37.1. The standard InChI is InChI=1S/C49H60N4O9S2/c1-5-27(2)45(58)62-47(3)13-10-28-26-63-64-39-17-32(24-55)43(51-4)35-23-53(44(35)39)41(57)18-31-22-52-40(50)19-34(31)42(28)49(47)21-30-15-29-16-36(46(59)60-37(29)20-38(30)61-49)48(11-6-7-12-48)33(25-56)9-8-14-54/h5,10,15-16,19-20,22,24,32-33,35,39,42-44,51,54,56H,6-9,11-14,17-18,21,23,25-26H2,1-4H3,(H2,50,52). The van der Waals surface area contributed by atoms with Crippen LogP contribution in [-0.2, 0) is 37.4 Å². The van der Waals surface area contributed by atoms with Crippen LogP contribution in [0.3, 0.4) is 0 Å². The number of nitrogen functional groups attached to an aromatic ring is 1. The first-order valence-corrected chi connectivity index (χ1v) is 25.2. The molecular weight excluding hydrogens is 853 g/mol. The van der Waals surface area contributed by atoms with Gasteiger partial charge in [0.15, 0.2) is 11.2 Å². The molecule has 13 nitrogen and oxygen atoms in total. The van der Waals surface area contributed by atoms with Crippen LogP contribution in [0.4, 0.5) is 5.82 Å². The van der Waals surface area contributed by atoms with E-state index in [1.807, 2.05) is 37.1 Å². The number of pyridine rings is 1. The highest BCUT2D eigenvalue weighted by molar-refractivity contribution is 8.77. The number of nitrogens with zero attached hydrogens (tertiary/aromatic N) is 2. The lowest BCUT2D eigenvalue weighted by molar-refractivity contribution is -0.183. The van der Waals surface area contributed by atoms with Gasteiger partial charge < -0.3 is 44.8 Å². The number of aliphatic hydroxyl groups excluding tert-OH is 2. The van der Waals surface area contributed by atoms with Gasteiger partial charge in [-0.05, 0) is 101 Å². The van der Waals surface area contributed by atoms with Crippen LogP contribution in [0, 0.1) is 17.8 Å². The van der Waals surface area contributed by atoms with Crippen molar-refractivity contribution in [2.24, 2.45) is 17.8 Å². The number of nitrogens with two attached hydrogens (primary N) is 1. The number of carbonyl (C=O) groups is 3. The van der Waals surface area contributed by atoms with Crippen LogP contribution in [0.1, 0.15) is 100 Å². The molecule has 342 valence electrons. The van der Waals surface area contributed by atoms with Crippen LogP contribution in [0.2, 0.25) is 0 Å². The molecule has 15 heteroatoms. The molecule has 5 N–H and O–H groups in total. The Kier molecular flexibility index (Phi) is 12.4. The minimum atomic E-state index is -1.26. The number of rotatable bonds is 10. The third-order valence-electron chi connectivity index (χ3n) is 15.9. The molecule has 9 rings (SSSR count). The Bertz CT molecular complexity index is 2470. The average molecular weight is 913 g/mol. The summed E-state index contributed by atoms with van der Waals surface area (Å²) in [6.07, 6.45) is 12.5. The van der Waals surface area contributed by atoms with Gasteiger partial charge in [0.05, 0.1) is 18.4 Å². The van der Waals surface area contributed by atoms with Gasteiger partial charge >= 0.3 is 11.6 Å². The maximum Gasteiger partial charge on any atom is 0.340 e. The second-order valence-electron chi connectivity index (χ2n) is 19.2. The molecule has 3 aromatic rings. The fraction of sp³-hybridized carbons (Fsp3) is 0.571. The summed E-state index contributed by atoms with van der Waals surface area (Å²) in [7, 11) is 5.35. The predicted octanol–water partition coefficient (Wildman–Crippen LogP) is 5.96. The van der Waals surface area contributed by atoms with E-state index in [9.17, 15) is 29.4 Å². The third-order valence-corrected chi connectivity index (χ3v) is 18.7. The molecule has 3 aliphatic carbocycles. The number of amides is 1. The van der Waals surface area contributed by atoms with Crippen LogP contribution in [-0.4, -0.2) is 99.4 Å². The summed E-state index contributed by atoms with van der Waals surface area (Å²) in [5.41, 5.74) is 7.76. The van der Waals surface area contributed by atoms with Crippen molar-refractivity contribution in [2.75, 3.05) is 38.3 Å². The molecule has 1 spiro atoms. The Morgan fingerprint density at radius 2 is 1.97 bits per heavy atom. The number of hydrogen-bond donors (Lipinski definition) is 4. The maximum absolute atomic E-state index is 14.5. The second-order valence-corrected chi connectivity index (χ2v) is 21.8. The largest absolute Gasteiger partial charge is 0.481 e. The summed E-state index contributed by atoms with van der Waals surface area (Å²) in [4.78, 5) is 61.5. The zero-order valence-corrected chi connectivity index (χ0v) is 38.7. The first-order valence-electron chi connectivity index (χ1n) is 22.9. The molecule has 1 saturated heterocycles. The van der Waals surface area contributed by atoms with Gasteiger partial charge in [0.2, 0.25) is 5.91 Å². The number of benzene rings is 1. The van der Waals surface area contributed by atoms with Crippen molar-refractivity contribution in [3.05, 3.63) is 86.4 Å². The van der Waals surface area contributed by atoms with E-state index in [4.69, 9.17) is 19.6 Å². The molecule has 9 atom stereocenters. The number of allylic oxidation sites excluding steroid dienone is 1. The summed E-state index contributed by atoms with van der Waals surface area (Å²) < 4.78 is 20.2. The van der Waals surface area contributed by atoms with Gasteiger partial charge in [0.1, 0.15) is 23.4 Å². The van der Waals surface area contributed by atoms with E-state index in [0.717, 1.165) is 54.1 Å². The monoisotopic (exact) mass is 912 g/mol. The second kappa shape index (κ2) is 17.6. The number of hydrogen-bond acceptors (Lipinski definition) is 14. The number of nitrogens with one attached hydrogen (secondary N) is 1. The van der Waals surface area contributed by atoms with Gasteiger partial charge in [-0.3, -0.25) is 4.79 Å². The molecule has 9 unspecified atom stereocenters. The molecular formula is C49H60N4O9S2. The summed E-state index contributed by atoms with van der Waals surface area (Å²) in [5, 5.41) is 24.5. The van der Waals surface area contributed by atoms with E-state index in [1.165, 1.54) is 0 Å². The number of aldehydes is 1. The Morgan fingerprint density at radius 1 is 1.17 bits per heavy atom. The van der Waals surface area contributed by atoms with Gasteiger partial charge in [0, 0.05) is 95.7 Å². The van der Waals surface area contributed by atoms with E-state index in [1.54, 1.807) is 53.8 Å². The molecule has 6 aliphatic rings. The molecule has 0 radical (unpaired) electrons. The Labute approximate surface area is 381 Å². The quantitative estimate of drug-likeness (QED) is 0.0465. The maximum atomic E-state index is 14.5. The zero-order chi connectivity index (χ0) is 45.1. The highest BCUT2D eigenvalue weighted by atomic mass is 33.1. The lowest BCUT2D eigenvalue weighted by atomic mass is 9.61. The van der Waals surface area contributed by atoms with Crippen molar-refractivity contribution in [3.63, 3.8) is 0 Å². The van der Waals surface area contributed by atoms with Crippen molar-refractivity contribution >= 4 is 56.5 Å². The van der Waals surface area contributed by atoms with E-state index in [-0.39, 0.29) is 66.4 Å². The Hall–Kier alpha value is -4.15.